The number of nitrogens with one attached hydrogen (secondary N) is 1. The number of amides is 1. The number of nitrogens with zero attached hydrogens (tertiary/aromatic N) is 3. The van der Waals surface area contributed by atoms with Crippen molar-refractivity contribution in [1.82, 2.24) is 15.2 Å². The van der Waals surface area contributed by atoms with E-state index in [1.807, 2.05) is 0 Å². The second-order valence-electron chi connectivity index (χ2n) is 10.8. The van der Waals surface area contributed by atoms with Gasteiger partial charge in [-0.1, -0.05) is 61.4 Å². The van der Waals surface area contributed by atoms with Gasteiger partial charge in [0.15, 0.2) is 17.3 Å². The van der Waals surface area contributed by atoms with Crippen LogP contribution in [-0.4, -0.2) is 53.2 Å². The minimum atomic E-state index is -0.838. The van der Waals surface area contributed by atoms with Gasteiger partial charge in [0.05, 0.1) is 6.54 Å². The number of nitrogens with two attached hydrogens (primary N) is 1. The smallest absolute Gasteiger partial charge is 0.261 e. The third-order valence-electron chi connectivity index (χ3n) is 8.04. The molecule has 0 bridgehead atoms. The fourth-order valence-corrected chi connectivity index (χ4v) is 6.10. The maximum atomic E-state index is 13.3. The van der Waals surface area contributed by atoms with Crippen molar-refractivity contribution in [3.63, 3.8) is 0 Å². The molecule has 1 aliphatic heterocycles. The number of hydrogen-bond acceptors (Lipinski definition) is 6. The molecule has 0 radical (unpaired) electrons. The average molecular weight is 526 g/mol. The van der Waals surface area contributed by atoms with Gasteiger partial charge in [-0.2, -0.15) is 0 Å². The van der Waals surface area contributed by atoms with Crippen LogP contribution in [0.5, 0.6) is 0 Å². The van der Waals surface area contributed by atoms with Crippen LogP contribution in [-0.2, 0) is 4.79 Å². The number of aromatic nitrogens is 1. The molecule has 0 aromatic carbocycles. The molecule has 4 rings (SSSR count). The number of rotatable bonds is 10. The Kier molecular flexibility index (Phi) is 9.54. The fourth-order valence-electron chi connectivity index (χ4n) is 5.92. The first-order valence-electron chi connectivity index (χ1n) is 13.7. The average Bonchev–Trinajstić information content (AvgIpc) is 3.11. The Morgan fingerprint density at radius 3 is 2.81 bits per heavy atom. The van der Waals surface area contributed by atoms with Gasteiger partial charge in [0.2, 0.25) is 0 Å². The monoisotopic (exact) mass is 525 g/mol. The Morgan fingerprint density at radius 1 is 1.27 bits per heavy atom. The molecular weight excluding hydrogens is 486 g/mol. The van der Waals surface area contributed by atoms with Crippen LogP contribution in [0, 0.1) is 11.8 Å². The van der Waals surface area contributed by atoms with Crippen LogP contribution in [0.15, 0.2) is 47.1 Å². The van der Waals surface area contributed by atoms with Crippen LogP contribution >= 0.6 is 11.6 Å². The third kappa shape index (κ3) is 7.29. The van der Waals surface area contributed by atoms with Crippen molar-refractivity contribution in [3.05, 3.63) is 52.8 Å². The number of pyridine rings is 1. The number of ketones is 1. The van der Waals surface area contributed by atoms with E-state index in [1.165, 1.54) is 42.6 Å². The fraction of sp³-hybridized carbons (Fsp3) is 0.586. The highest BCUT2D eigenvalue weighted by atomic mass is 35.5. The predicted octanol–water partition coefficient (Wildman–Crippen LogP) is 5.07. The van der Waals surface area contributed by atoms with Gasteiger partial charge in [-0.05, 0) is 68.6 Å². The largest absolute Gasteiger partial charge is 0.369 e. The molecule has 200 valence electrons. The molecule has 3 N–H and O–H groups in total. The van der Waals surface area contributed by atoms with Gasteiger partial charge in [-0.25, -0.2) is 9.98 Å². The van der Waals surface area contributed by atoms with Gasteiger partial charge in [0.25, 0.3) is 5.91 Å². The summed E-state index contributed by atoms with van der Waals surface area (Å²) in [5, 5.41) is 3.51. The molecule has 0 spiro atoms. The molecule has 8 heteroatoms. The molecule has 1 aromatic rings. The number of hydrogen-bond donors (Lipinski definition) is 2. The Bertz CT molecular complexity index is 1060. The zero-order chi connectivity index (χ0) is 26.3. The third-order valence-corrected chi connectivity index (χ3v) is 8.24. The molecule has 1 aromatic heterocycles. The topological polar surface area (TPSA) is 101 Å². The number of Topliss-reactive ketones (excluding diaryl/α,β-unsaturated/α-hetero) is 1. The van der Waals surface area contributed by atoms with Gasteiger partial charge in [-0.15, -0.1) is 0 Å². The molecule has 3 aliphatic rings. The van der Waals surface area contributed by atoms with E-state index in [-0.39, 0.29) is 18.2 Å². The maximum Gasteiger partial charge on any atom is 0.261 e. The van der Waals surface area contributed by atoms with Crippen LogP contribution in [0.1, 0.15) is 81.0 Å². The first kappa shape index (κ1) is 27.5. The highest BCUT2D eigenvalue weighted by Gasteiger charge is 2.45. The van der Waals surface area contributed by atoms with Crippen molar-refractivity contribution < 1.29 is 9.59 Å². The number of aliphatic imine (C=N–C) groups is 1. The zero-order valence-electron chi connectivity index (χ0n) is 21.9. The van der Waals surface area contributed by atoms with Gasteiger partial charge in [-0.3, -0.25) is 14.5 Å². The lowest BCUT2D eigenvalue weighted by Gasteiger charge is -2.29. The van der Waals surface area contributed by atoms with Gasteiger partial charge < -0.3 is 11.1 Å². The summed E-state index contributed by atoms with van der Waals surface area (Å²) >= 11 is 5.87. The molecule has 37 heavy (non-hydrogen) atoms. The molecule has 2 aliphatic carbocycles. The second-order valence-corrected chi connectivity index (χ2v) is 11.2. The number of allylic oxidation sites excluding steroid dienone is 2. The summed E-state index contributed by atoms with van der Waals surface area (Å²) < 4.78 is 0. The summed E-state index contributed by atoms with van der Waals surface area (Å²) in [6, 6.07) is 3.26. The molecule has 2 heterocycles. The first-order chi connectivity index (χ1) is 17.9. The van der Waals surface area contributed by atoms with Crippen LogP contribution in [0.3, 0.4) is 0 Å². The van der Waals surface area contributed by atoms with Crippen LogP contribution in [0.25, 0.3) is 0 Å². The number of guanidine groups is 1. The van der Waals surface area contributed by atoms with Gasteiger partial charge in [0.1, 0.15) is 5.15 Å². The molecule has 2 atom stereocenters. The van der Waals surface area contributed by atoms with Crippen molar-refractivity contribution in [2.24, 2.45) is 22.6 Å². The van der Waals surface area contributed by atoms with Crippen molar-refractivity contribution in [3.8, 4) is 0 Å². The molecule has 0 unspecified atom stereocenters. The van der Waals surface area contributed by atoms with Crippen molar-refractivity contribution in [2.45, 2.75) is 76.2 Å². The summed E-state index contributed by atoms with van der Waals surface area (Å²) in [4.78, 5) is 35.8. The molecule has 2 fully saturated rings. The quantitative estimate of drug-likeness (QED) is 0.192. The van der Waals surface area contributed by atoms with E-state index in [0.717, 1.165) is 38.5 Å². The van der Waals surface area contributed by atoms with E-state index in [9.17, 15) is 9.59 Å². The van der Waals surface area contributed by atoms with E-state index in [2.05, 4.69) is 28.5 Å². The highest BCUT2D eigenvalue weighted by Crippen LogP contribution is 2.38. The van der Waals surface area contributed by atoms with Crippen molar-refractivity contribution in [1.29, 1.82) is 0 Å². The summed E-state index contributed by atoms with van der Waals surface area (Å²) in [6.45, 7) is 0.870. The van der Waals surface area contributed by atoms with Crippen molar-refractivity contribution >= 4 is 29.3 Å². The van der Waals surface area contributed by atoms with E-state index >= 15 is 0 Å². The number of halogens is 1. The second kappa shape index (κ2) is 12.8. The number of carbonyl (C=O) groups is 2. The Balaban J connectivity index is 1.33. The molecule has 1 amide bonds. The zero-order valence-corrected chi connectivity index (χ0v) is 22.7. The summed E-state index contributed by atoms with van der Waals surface area (Å²) in [5.74, 6) is 1.44. The molecule has 0 saturated heterocycles. The predicted molar refractivity (Wildman–Crippen MR) is 149 cm³/mol. The number of likely N-dealkylation sites (N-methyl/N-ethyl adjacent to an activating group) is 1. The van der Waals surface area contributed by atoms with E-state index < -0.39 is 5.54 Å². The van der Waals surface area contributed by atoms with Crippen LogP contribution in [0.2, 0.25) is 5.15 Å². The molecule has 2 saturated carbocycles. The minimum absolute atomic E-state index is 0.00913. The van der Waals surface area contributed by atoms with E-state index in [4.69, 9.17) is 22.3 Å². The lowest BCUT2D eigenvalue weighted by Crippen LogP contribution is -2.41. The Labute approximate surface area is 225 Å². The van der Waals surface area contributed by atoms with Crippen LogP contribution < -0.4 is 11.1 Å². The first-order valence-corrected chi connectivity index (χ1v) is 14.1. The lowest BCUT2D eigenvalue weighted by atomic mass is 9.78. The Hall–Kier alpha value is -2.51. The summed E-state index contributed by atoms with van der Waals surface area (Å²) in [5.41, 5.74) is 7.15. The molecular formula is C29H40ClN5O2. The molecule has 7 nitrogen and oxygen atoms in total. The number of carbonyl (C=O) groups excluding carboxylic acids is 2. The maximum absolute atomic E-state index is 13.3. The van der Waals surface area contributed by atoms with E-state index in [1.54, 1.807) is 25.4 Å². The summed E-state index contributed by atoms with van der Waals surface area (Å²) in [7, 11) is 1.73. The lowest BCUT2D eigenvalue weighted by molar-refractivity contribution is -0.129. The normalized spacial score (nSPS) is 26.3. The van der Waals surface area contributed by atoms with Gasteiger partial charge >= 0.3 is 0 Å². The van der Waals surface area contributed by atoms with E-state index in [0.29, 0.717) is 35.1 Å². The Morgan fingerprint density at radius 2 is 2.08 bits per heavy atom. The minimum Gasteiger partial charge on any atom is -0.369 e. The SMILES string of the molecule is CN1C(=O)[C@](/C=C2\CCC[C@@H](/C=C/CNCC(=O)c3ccnc(Cl)c3)C2)(CCC2CCCCC2)N=C1N. The van der Waals surface area contributed by atoms with Crippen molar-refractivity contribution in [2.75, 3.05) is 20.1 Å². The van der Waals surface area contributed by atoms with Crippen LogP contribution in [0.4, 0.5) is 0 Å². The summed E-state index contributed by atoms with van der Waals surface area (Å²) in [6.07, 6.45) is 20.4. The van der Waals surface area contributed by atoms with Gasteiger partial charge in [0, 0.05) is 25.4 Å². The standard InChI is InChI=1S/C29H40ClN5O2/c1-35-27(37)29(34-28(35)31,14-12-21-7-3-2-4-8-21)19-23-10-5-9-22(17-23)11-6-15-32-20-25(36)24-13-16-33-26(30)18-24/h6,11,13,16,18-19,21-22,32H,2-5,7-10,12,14-15,17,20H2,1H3,(H2,31,34)/b11-6+,23-19+/t22-,29+/m0/s1. The highest BCUT2D eigenvalue weighted by molar-refractivity contribution is 6.29.